The Kier molecular flexibility index (Phi) is 3.49. The fourth-order valence-corrected chi connectivity index (χ4v) is 1.37. The zero-order chi connectivity index (χ0) is 10.7. The van der Waals surface area contributed by atoms with Gasteiger partial charge in [-0.2, -0.15) is 0 Å². The van der Waals surface area contributed by atoms with Crippen molar-refractivity contribution in [3.63, 3.8) is 0 Å². The highest BCUT2D eigenvalue weighted by molar-refractivity contribution is 5.36. The average Bonchev–Trinajstić information content (AvgIpc) is 2.16. The van der Waals surface area contributed by atoms with Gasteiger partial charge in [0.25, 0.3) is 0 Å². The lowest BCUT2D eigenvalue weighted by molar-refractivity contribution is 0.0301. The first kappa shape index (κ1) is 11.0. The predicted octanol–water partition coefficient (Wildman–Crippen LogP) is 1.42. The molecule has 0 fully saturated rings. The van der Waals surface area contributed by atoms with Crippen molar-refractivity contribution in [3.05, 3.63) is 29.3 Å². The summed E-state index contributed by atoms with van der Waals surface area (Å²) in [7, 11) is 1.60. The molecule has 0 aliphatic rings. The van der Waals surface area contributed by atoms with Crippen molar-refractivity contribution in [2.24, 2.45) is 0 Å². The molecular formula is C11H16O3. The molecule has 0 heterocycles. The molecule has 0 saturated carbocycles. The molecule has 2 unspecified atom stereocenters. The van der Waals surface area contributed by atoms with Gasteiger partial charge in [0.2, 0.25) is 0 Å². The van der Waals surface area contributed by atoms with Crippen LogP contribution in [0, 0.1) is 6.92 Å². The van der Waals surface area contributed by atoms with Crippen LogP contribution in [0.2, 0.25) is 0 Å². The van der Waals surface area contributed by atoms with Crippen LogP contribution in [0.5, 0.6) is 5.75 Å². The standard InChI is InChI=1S/C11H16O3/c1-7-6-9(14-3)4-5-10(7)11(13)8(2)12/h4-6,8,11-13H,1-3H3. The number of ether oxygens (including phenoxy) is 1. The van der Waals surface area contributed by atoms with Crippen LogP contribution >= 0.6 is 0 Å². The molecule has 0 spiro atoms. The Morgan fingerprint density at radius 1 is 1.29 bits per heavy atom. The Morgan fingerprint density at radius 2 is 1.93 bits per heavy atom. The second-order valence-corrected chi connectivity index (χ2v) is 3.41. The van der Waals surface area contributed by atoms with Gasteiger partial charge in [-0.3, -0.25) is 0 Å². The Labute approximate surface area is 84.0 Å². The summed E-state index contributed by atoms with van der Waals surface area (Å²) in [5, 5.41) is 18.9. The van der Waals surface area contributed by atoms with Crippen molar-refractivity contribution in [1.29, 1.82) is 0 Å². The van der Waals surface area contributed by atoms with Crippen molar-refractivity contribution >= 4 is 0 Å². The lowest BCUT2D eigenvalue weighted by atomic mass is 10.00. The summed E-state index contributed by atoms with van der Waals surface area (Å²) in [6.45, 7) is 3.44. The molecule has 0 bridgehead atoms. The molecular weight excluding hydrogens is 180 g/mol. The Morgan fingerprint density at radius 3 is 2.36 bits per heavy atom. The van der Waals surface area contributed by atoms with Crippen LogP contribution < -0.4 is 4.74 Å². The first-order chi connectivity index (χ1) is 6.56. The Balaban J connectivity index is 2.99. The van der Waals surface area contributed by atoms with Gasteiger partial charge in [0.15, 0.2) is 0 Å². The number of benzene rings is 1. The summed E-state index contributed by atoms with van der Waals surface area (Å²) in [5.74, 6) is 0.754. The molecule has 1 aromatic carbocycles. The smallest absolute Gasteiger partial charge is 0.119 e. The Hall–Kier alpha value is -1.06. The maximum atomic E-state index is 9.65. The topological polar surface area (TPSA) is 49.7 Å². The third-order valence-electron chi connectivity index (χ3n) is 2.25. The summed E-state index contributed by atoms with van der Waals surface area (Å²) in [6, 6.07) is 5.38. The highest BCUT2D eigenvalue weighted by atomic mass is 16.5. The lowest BCUT2D eigenvalue weighted by Gasteiger charge is -2.16. The number of hydrogen-bond donors (Lipinski definition) is 2. The minimum absolute atomic E-state index is 0.737. The number of aliphatic hydroxyl groups excluding tert-OH is 2. The number of rotatable bonds is 3. The first-order valence-corrected chi connectivity index (χ1v) is 4.57. The quantitative estimate of drug-likeness (QED) is 0.768. The van der Waals surface area contributed by atoms with Crippen molar-refractivity contribution in [3.8, 4) is 5.75 Å². The largest absolute Gasteiger partial charge is 0.497 e. The molecule has 0 aliphatic carbocycles. The number of hydrogen-bond acceptors (Lipinski definition) is 3. The van der Waals surface area contributed by atoms with Gasteiger partial charge in [-0.15, -0.1) is 0 Å². The summed E-state index contributed by atoms with van der Waals surface area (Å²) in [6.07, 6.45) is -1.59. The second-order valence-electron chi connectivity index (χ2n) is 3.41. The van der Waals surface area contributed by atoms with Gasteiger partial charge in [-0.1, -0.05) is 6.07 Å². The van der Waals surface area contributed by atoms with E-state index in [2.05, 4.69) is 0 Å². The van der Waals surface area contributed by atoms with Crippen LogP contribution in [0.3, 0.4) is 0 Å². The van der Waals surface area contributed by atoms with Gasteiger partial charge in [-0.05, 0) is 37.1 Å². The molecule has 0 aliphatic heterocycles. The zero-order valence-corrected chi connectivity index (χ0v) is 8.69. The fourth-order valence-electron chi connectivity index (χ4n) is 1.37. The summed E-state index contributed by atoms with van der Waals surface area (Å²) >= 11 is 0. The SMILES string of the molecule is COc1ccc(C(O)C(C)O)c(C)c1. The van der Waals surface area contributed by atoms with Crippen LogP contribution in [0.1, 0.15) is 24.2 Å². The monoisotopic (exact) mass is 196 g/mol. The van der Waals surface area contributed by atoms with Gasteiger partial charge < -0.3 is 14.9 Å². The predicted molar refractivity (Wildman–Crippen MR) is 54.4 cm³/mol. The molecule has 2 N–H and O–H groups in total. The number of methoxy groups -OCH3 is 1. The second kappa shape index (κ2) is 4.44. The molecule has 14 heavy (non-hydrogen) atoms. The maximum Gasteiger partial charge on any atom is 0.119 e. The normalized spacial score (nSPS) is 14.9. The minimum atomic E-state index is -0.832. The molecule has 3 nitrogen and oxygen atoms in total. The molecule has 3 heteroatoms. The van der Waals surface area contributed by atoms with E-state index in [1.54, 1.807) is 26.2 Å². The van der Waals surface area contributed by atoms with Crippen LogP contribution in [0.15, 0.2) is 18.2 Å². The lowest BCUT2D eigenvalue weighted by Crippen LogP contribution is -2.14. The molecule has 0 saturated heterocycles. The number of aliphatic hydroxyl groups is 2. The highest BCUT2D eigenvalue weighted by Crippen LogP contribution is 2.24. The van der Waals surface area contributed by atoms with Gasteiger partial charge in [0, 0.05) is 0 Å². The van der Waals surface area contributed by atoms with Crippen molar-refractivity contribution < 1.29 is 14.9 Å². The minimum Gasteiger partial charge on any atom is -0.497 e. The summed E-state index contributed by atoms with van der Waals surface area (Å²) in [5.41, 5.74) is 1.65. The van der Waals surface area contributed by atoms with Crippen molar-refractivity contribution in [2.75, 3.05) is 7.11 Å². The van der Waals surface area contributed by atoms with Crippen LogP contribution in [0.25, 0.3) is 0 Å². The van der Waals surface area contributed by atoms with Crippen LogP contribution in [-0.2, 0) is 0 Å². The van der Waals surface area contributed by atoms with Gasteiger partial charge in [-0.25, -0.2) is 0 Å². The van der Waals surface area contributed by atoms with E-state index in [0.717, 1.165) is 16.9 Å². The third kappa shape index (κ3) is 2.25. The van der Waals surface area contributed by atoms with E-state index < -0.39 is 12.2 Å². The Bertz CT molecular complexity index is 307. The molecule has 78 valence electrons. The van der Waals surface area contributed by atoms with E-state index in [4.69, 9.17) is 4.74 Å². The van der Waals surface area contributed by atoms with E-state index >= 15 is 0 Å². The summed E-state index contributed by atoms with van der Waals surface area (Å²) in [4.78, 5) is 0. The van der Waals surface area contributed by atoms with E-state index in [1.165, 1.54) is 0 Å². The third-order valence-corrected chi connectivity index (χ3v) is 2.25. The molecule has 1 rings (SSSR count). The molecule has 2 atom stereocenters. The molecule has 1 aromatic rings. The highest BCUT2D eigenvalue weighted by Gasteiger charge is 2.15. The van der Waals surface area contributed by atoms with E-state index in [1.807, 2.05) is 13.0 Å². The first-order valence-electron chi connectivity index (χ1n) is 4.57. The van der Waals surface area contributed by atoms with Gasteiger partial charge in [0.1, 0.15) is 11.9 Å². The average molecular weight is 196 g/mol. The summed E-state index contributed by atoms with van der Waals surface area (Å²) < 4.78 is 5.05. The van der Waals surface area contributed by atoms with E-state index in [-0.39, 0.29) is 0 Å². The van der Waals surface area contributed by atoms with E-state index in [9.17, 15) is 10.2 Å². The van der Waals surface area contributed by atoms with Crippen LogP contribution in [-0.4, -0.2) is 23.4 Å². The molecule has 0 amide bonds. The molecule has 0 radical (unpaired) electrons. The number of aryl methyl sites for hydroxylation is 1. The zero-order valence-electron chi connectivity index (χ0n) is 8.69. The van der Waals surface area contributed by atoms with Crippen LogP contribution in [0.4, 0.5) is 0 Å². The molecule has 0 aromatic heterocycles. The van der Waals surface area contributed by atoms with Crippen molar-refractivity contribution in [2.45, 2.75) is 26.1 Å². The van der Waals surface area contributed by atoms with Gasteiger partial charge >= 0.3 is 0 Å². The maximum absolute atomic E-state index is 9.65. The van der Waals surface area contributed by atoms with Crippen molar-refractivity contribution in [1.82, 2.24) is 0 Å². The van der Waals surface area contributed by atoms with E-state index in [0.29, 0.717) is 0 Å². The van der Waals surface area contributed by atoms with Gasteiger partial charge in [0.05, 0.1) is 13.2 Å². The fraction of sp³-hybridized carbons (Fsp3) is 0.455.